The lowest BCUT2D eigenvalue weighted by Gasteiger charge is -2.37. The number of pyridine rings is 1. The Bertz CT molecular complexity index is 886. The summed E-state index contributed by atoms with van der Waals surface area (Å²) in [6.07, 6.45) is 1.53. The molecule has 6 nitrogen and oxygen atoms in total. The second-order valence-corrected chi connectivity index (χ2v) is 8.03. The van der Waals surface area contributed by atoms with E-state index in [1.807, 2.05) is 18.7 Å². The van der Waals surface area contributed by atoms with Gasteiger partial charge in [0.05, 0.1) is 0 Å². The number of nitrogens with one attached hydrogen (secondary N) is 1. The van der Waals surface area contributed by atoms with E-state index in [4.69, 9.17) is 0 Å². The molecule has 1 N–H and O–H groups in total. The van der Waals surface area contributed by atoms with Gasteiger partial charge in [-0.15, -0.1) is 0 Å². The van der Waals surface area contributed by atoms with Gasteiger partial charge in [0.25, 0.3) is 11.8 Å². The number of hydrogen-bond donors (Lipinski definition) is 1. The summed E-state index contributed by atoms with van der Waals surface area (Å²) in [5, 5.41) is 2.88. The maximum absolute atomic E-state index is 12.9. The minimum absolute atomic E-state index is 0.121. The summed E-state index contributed by atoms with van der Waals surface area (Å²) in [4.78, 5) is 33.6. The number of amides is 2. The average Bonchev–Trinajstić information content (AvgIpc) is 2.73. The largest absolute Gasteiger partial charge is 0.368 e. The quantitative estimate of drug-likeness (QED) is 0.847. The molecule has 0 atom stereocenters. The summed E-state index contributed by atoms with van der Waals surface area (Å²) in [5.74, 6) is 0.0780. The molecule has 2 aromatic rings. The van der Waals surface area contributed by atoms with Crippen molar-refractivity contribution in [3.8, 4) is 0 Å². The number of nitrogens with zero attached hydrogens (tertiary/aromatic N) is 3. The summed E-state index contributed by atoms with van der Waals surface area (Å²) >= 11 is 0. The molecule has 1 aliphatic heterocycles. The number of benzene rings is 1. The van der Waals surface area contributed by atoms with Gasteiger partial charge in [0.1, 0.15) is 5.69 Å². The minimum Gasteiger partial charge on any atom is -0.368 e. The van der Waals surface area contributed by atoms with E-state index in [1.54, 1.807) is 12.1 Å². The van der Waals surface area contributed by atoms with Crippen molar-refractivity contribution in [2.75, 3.05) is 37.6 Å². The molecule has 6 heteroatoms. The molecular weight excluding hydrogens is 364 g/mol. The van der Waals surface area contributed by atoms with Gasteiger partial charge in [0.2, 0.25) is 0 Å². The lowest BCUT2D eigenvalue weighted by Crippen LogP contribution is -2.49. The van der Waals surface area contributed by atoms with Crippen molar-refractivity contribution in [3.63, 3.8) is 0 Å². The van der Waals surface area contributed by atoms with Crippen LogP contribution in [0.15, 0.2) is 36.5 Å². The van der Waals surface area contributed by atoms with Crippen LogP contribution in [0, 0.1) is 19.8 Å². The Labute approximate surface area is 172 Å². The van der Waals surface area contributed by atoms with Gasteiger partial charge in [0, 0.05) is 50.2 Å². The number of aromatic nitrogens is 1. The topological polar surface area (TPSA) is 65.5 Å². The predicted molar refractivity (Wildman–Crippen MR) is 115 cm³/mol. The van der Waals surface area contributed by atoms with Crippen LogP contribution in [-0.2, 0) is 0 Å². The highest BCUT2D eigenvalue weighted by Gasteiger charge is 2.24. The molecule has 2 heterocycles. The number of piperazine rings is 1. The zero-order valence-corrected chi connectivity index (χ0v) is 17.7. The number of carbonyl (C=O) groups excluding carboxylic acids is 2. The first-order valence-corrected chi connectivity index (χ1v) is 10.2. The third kappa shape index (κ3) is 4.94. The first-order valence-electron chi connectivity index (χ1n) is 10.2. The fraction of sp³-hybridized carbons (Fsp3) is 0.435. The molecule has 29 heavy (non-hydrogen) atoms. The van der Waals surface area contributed by atoms with Gasteiger partial charge in [-0.3, -0.25) is 14.6 Å². The number of anilines is 1. The molecule has 1 saturated heterocycles. The van der Waals surface area contributed by atoms with Crippen LogP contribution in [0.4, 0.5) is 5.69 Å². The lowest BCUT2D eigenvalue weighted by atomic mass is 10.1. The van der Waals surface area contributed by atoms with Gasteiger partial charge in [0.15, 0.2) is 0 Å². The van der Waals surface area contributed by atoms with Gasteiger partial charge < -0.3 is 15.1 Å². The third-order valence-corrected chi connectivity index (χ3v) is 5.40. The van der Waals surface area contributed by atoms with Gasteiger partial charge >= 0.3 is 0 Å². The zero-order chi connectivity index (χ0) is 21.0. The molecule has 0 saturated carbocycles. The van der Waals surface area contributed by atoms with Crippen molar-refractivity contribution in [2.45, 2.75) is 27.7 Å². The van der Waals surface area contributed by atoms with E-state index in [9.17, 15) is 9.59 Å². The molecule has 0 aliphatic carbocycles. The van der Waals surface area contributed by atoms with Gasteiger partial charge in [-0.05, 0) is 49.1 Å². The number of rotatable bonds is 5. The van der Waals surface area contributed by atoms with Crippen LogP contribution in [0.2, 0.25) is 0 Å². The number of carbonyl (C=O) groups is 2. The Morgan fingerprint density at radius 2 is 1.83 bits per heavy atom. The Balaban J connectivity index is 1.64. The van der Waals surface area contributed by atoms with Crippen LogP contribution < -0.4 is 10.2 Å². The van der Waals surface area contributed by atoms with Gasteiger partial charge in [-0.2, -0.15) is 0 Å². The molecule has 3 rings (SSSR count). The van der Waals surface area contributed by atoms with Crippen molar-refractivity contribution >= 4 is 17.5 Å². The van der Waals surface area contributed by atoms with Crippen LogP contribution in [0.5, 0.6) is 0 Å². The van der Waals surface area contributed by atoms with Crippen molar-refractivity contribution in [1.29, 1.82) is 0 Å². The molecule has 0 unspecified atom stereocenters. The summed E-state index contributed by atoms with van der Waals surface area (Å²) in [5.41, 5.74) is 4.59. The first-order chi connectivity index (χ1) is 13.9. The minimum atomic E-state index is -0.171. The Morgan fingerprint density at radius 1 is 1.10 bits per heavy atom. The predicted octanol–water partition coefficient (Wildman–Crippen LogP) is 3.05. The van der Waals surface area contributed by atoms with Crippen LogP contribution >= 0.6 is 0 Å². The molecule has 1 aromatic carbocycles. The highest BCUT2D eigenvalue weighted by atomic mass is 16.2. The van der Waals surface area contributed by atoms with Gasteiger partial charge in [-0.25, -0.2) is 0 Å². The summed E-state index contributed by atoms with van der Waals surface area (Å²) in [6, 6.07) is 9.57. The monoisotopic (exact) mass is 394 g/mol. The van der Waals surface area contributed by atoms with Crippen molar-refractivity contribution in [3.05, 3.63) is 58.9 Å². The third-order valence-electron chi connectivity index (χ3n) is 5.40. The van der Waals surface area contributed by atoms with E-state index in [0.717, 1.165) is 13.1 Å². The average molecular weight is 395 g/mol. The summed E-state index contributed by atoms with van der Waals surface area (Å²) in [7, 11) is 0. The SMILES string of the molecule is Cc1cccc(N2CCN(C(=O)c3cc(C(=O)NCC(C)C)ccn3)CC2)c1C. The Morgan fingerprint density at radius 3 is 2.52 bits per heavy atom. The van der Waals surface area contributed by atoms with E-state index in [-0.39, 0.29) is 11.8 Å². The highest BCUT2D eigenvalue weighted by Crippen LogP contribution is 2.24. The molecule has 2 amide bonds. The van der Waals surface area contributed by atoms with E-state index in [0.29, 0.717) is 36.8 Å². The fourth-order valence-electron chi connectivity index (χ4n) is 3.48. The Kier molecular flexibility index (Phi) is 6.52. The molecule has 0 radical (unpaired) electrons. The Hall–Kier alpha value is -2.89. The molecule has 154 valence electrons. The van der Waals surface area contributed by atoms with Crippen LogP contribution in [0.25, 0.3) is 0 Å². The van der Waals surface area contributed by atoms with Crippen molar-refractivity contribution in [1.82, 2.24) is 15.2 Å². The molecule has 0 bridgehead atoms. The molecular formula is C23H30N4O2. The van der Waals surface area contributed by atoms with E-state index < -0.39 is 0 Å². The van der Waals surface area contributed by atoms with Crippen molar-refractivity contribution < 1.29 is 9.59 Å². The van der Waals surface area contributed by atoms with Gasteiger partial charge in [-0.1, -0.05) is 26.0 Å². The molecule has 1 aliphatic rings. The second-order valence-electron chi connectivity index (χ2n) is 8.03. The first kappa shape index (κ1) is 20.8. The number of hydrogen-bond acceptors (Lipinski definition) is 4. The second kappa shape index (κ2) is 9.07. The smallest absolute Gasteiger partial charge is 0.272 e. The lowest BCUT2D eigenvalue weighted by molar-refractivity contribution is 0.0741. The fourth-order valence-corrected chi connectivity index (χ4v) is 3.48. The highest BCUT2D eigenvalue weighted by molar-refractivity contribution is 5.98. The standard InChI is InChI=1S/C23H30N4O2/c1-16(2)15-25-22(28)19-8-9-24-20(14-19)23(29)27-12-10-26(11-13-27)21-7-5-6-17(3)18(21)4/h5-9,14,16H,10-13,15H2,1-4H3,(H,25,28). The molecule has 1 aromatic heterocycles. The number of aryl methyl sites for hydroxylation is 1. The van der Waals surface area contributed by atoms with Crippen LogP contribution in [0.1, 0.15) is 45.8 Å². The summed E-state index contributed by atoms with van der Waals surface area (Å²) < 4.78 is 0. The van der Waals surface area contributed by atoms with E-state index >= 15 is 0 Å². The molecule has 0 spiro atoms. The van der Waals surface area contributed by atoms with Crippen LogP contribution in [-0.4, -0.2) is 54.4 Å². The zero-order valence-electron chi connectivity index (χ0n) is 17.7. The van der Waals surface area contributed by atoms with E-state index in [1.165, 1.54) is 23.0 Å². The van der Waals surface area contributed by atoms with Crippen LogP contribution in [0.3, 0.4) is 0 Å². The summed E-state index contributed by atoms with van der Waals surface area (Å²) in [6.45, 7) is 11.8. The maximum Gasteiger partial charge on any atom is 0.272 e. The van der Waals surface area contributed by atoms with Crippen molar-refractivity contribution in [2.24, 2.45) is 5.92 Å². The van der Waals surface area contributed by atoms with E-state index in [2.05, 4.69) is 47.2 Å². The maximum atomic E-state index is 12.9. The molecule has 1 fully saturated rings. The normalized spacial score (nSPS) is 14.2.